The molecule has 0 heterocycles. The third-order valence-electron chi connectivity index (χ3n) is 1.98. The molecule has 0 saturated heterocycles. The summed E-state index contributed by atoms with van der Waals surface area (Å²) >= 11 is 2.15. The molecule has 0 atom stereocenters. The molecule has 0 bridgehead atoms. The summed E-state index contributed by atoms with van der Waals surface area (Å²) in [5.41, 5.74) is 0.637. The van der Waals surface area contributed by atoms with Crippen molar-refractivity contribution in [1.29, 1.82) is 5.26 Å². The van der Waals surface area contributed by atoms with Crippen LogP contribution < -0.4 is 4.74 Å². The highest BCUT2D eigenvalue weighted by molar-refractivity contribution is 14.1. The van der Waals surface area contributed by atoms with Crippen LogP contribution in [-0.2, 0) is 9.47 Å². The molecule has 0 unspecified atom stereocenters. The van der Waals surface area contributed by atoms with Gasteiger partial charge in [-0.25, -0.2) is 0 Å². The van der Waals surface area contributed by atoms with Crippen molar-refractivity contribution in [2.45, 2.75) is 0 Å². The minimum absolute atomic E-state index is 0.492. The zero-order chi connectivity index (χ0) is 12.5. The van der Waals surface area contributed by atoms with Crippen molar-refractivity contribution in [2.24, 2.45) is 0 Å². The van der Waals surface area contributed by atoms with Crippen molar-refractivity contribution in [3.63, 3.8) is 0 Å². The van der Waals surface area contributed by atoms with Gasteiger partial charge in [0.25, 0.3) is 0 Å². The number of hydrogen-bond donors (Lipinski definition) is 0. The molecule has 0 saturated carbocycles. The third-order valence-corrected chi connectivity index (χ3v) is 2.82. The summed E-state index contributed by atoms with van der Waals surface area (Å²) in [7, 11) is 1.64. The molecule has 1 rings (SSSR count). The van der Waals surface area contributed by atoms with Gasteiger partial charge < -0.3 is 14.2 Å². The largest absolute Gasteiger partial charge is 0.490 e. The normalized spacial score (nSPS) is 9.94. The van der Waals surface area contributed by atoms with E-state index in [1.165, 1.54) is 0 Å². The average molecular weight is 347 g/mol. The Bertz CT molecular complexity index is 390. The monoisotopic (exact) mass is 347 g/mol. The fraction of sp³-hybridized carbons (Fsp3) is 0.417. The zero-order valence-electron chi connectivity index (χ0n) is 9.61. The molecule has 0 amide bonds. The number of nitriles is 1. The zero-order valence-corrected chi connectivity index (χ0v) is 11.8. The Morgan fingerprint density at radius 2 is 2.00 bits per heavy atom. The van der Waals surface area contributed by atoms with Gasteiger partial charge in [0.1, 0.15) is 12.4 Å². The number of hydrogen-bond acceptors (Lipinski definition) is 4. The van der Waals surface area contributed by atoms with Gasteiger partial charge in [0.05, 0.1) is 35.0 Å². The predicted octanol–water partition coefficient (Wildman–Crippen LogP) is 2.20. The van der Waals surface area contributed by atoms with E-state index in [9.17, 15) is 0 Å². The van der Waals surface area contributed by atoms with Gasteiger partial charge in [0.15, 0.2) is 0 Å². The van der Waals surface area contributed by atoms with E-state index in [2.05, 4.69) is 28.7 Å². The first kappa shape index (κ1) is 14.2. The number of methoxy groups -OCH3 is 1. The molecule has 17 heavy (non-hydrogen) atoms. The molecule has 0 aromatic heterocycles. The first-order valence-electron chi connectivity index (χ1n) is 5.17. The highest BCUT2D eigenvalue weighted by atomic mass is 127. The van der Waals surface area contributed by atoms with Gasteiger partial charge in [0.2, 0.25) is 0 Å². The van der Waals surface area contributed by atoms with Gasteiger partial charge in [-0.1, -0.05) is 0 Å². The lowest BCUT2D eigenvalue weighted by Crippen LogP contribution is -2.10. The summed E-state index contributed by atoms with van der Waals surface area (Å²) in [5, 5.41) is 8.72. The van der Waals surface area contributed by atoms with Gasteiger partial charge in [-0.05, 0) is 40.8 Å². The maximum absolute atomic E-state index is 8.72. The quantitative estimate of drug-likeness (QED) is 0.561. The van der Waals surface area contributed by atoms with Crippen molar-refractivity contribution in [3.8, 4) is 11.8 Å². The highest BCUT2D eigenvalue weighted by Gasteiger charge is 2.02. The van der Waals surface area contributed by atoms with Crippen LogP contribution in [0.15, 0.2) is 18.2 Å². The predicted molar refractivity (Wildman–Crippen MR) is 72.1 cm³/mol. The molecule has 0 aliphatic heterocycles. The van der Waals surface area contributed by atoms with Crippen LogP contribution in [-0.4, -0.2) is 33.5 Å². The summed E-state index contributed by atoms with van der Waals surface area (Å²) in [6, 6.07) is 7.42. The number of halogens is 1. The first-order chi connectivity index (χ1) is 8.27. The van der Waals surface area contributed by atoms with Crippen molar-refractivity contribution >= 4 is 22.6 Å². The summed E-state index contributed by atoms with van der Waals surface area (Å²) < 4.78 is 16.6. The maximum Gasteiger partial charge on any atom is 0.132 e. The average Bonchev–Trinajstić information content (AvgIpc) is 2.35. The summed E-state index contributed by atoms with van der Waals surface area (Å²) in [5.74, 6) is 0.778. The molecule has 0 N–H and O–H groups in total. The van der Waals surface area contributed by atoms with Gasteiger partial charge in [-0.2, -0.15) is 5.26 Å². The molecule has 92 valence electrons. The van der Waals surface area contributed by atoms with E-state index in [1.807, 2.05) is 0 Å². The molecular formula is C12H14INO3. The molecule has 1 aromatic carbocycles. The van der Waals surface area contributed by atoms with E-state index in [1.54, 1.807) is 25.3 Å². The minimum Gasteiger partial charge on any atom is -0.490 e. The van der Waals surface area contributed by atoms with Crippen molar-refractivity contribution in [2.75, 3.05) is 33.5 Å². The second-order valence-electron chi connectivity index (χ2n) is 3.21. The third kappa shape index (κ3) is 5.35. The standard InChI is InChI=1S/C12H14INO3/c1-15-4-5-16-6-7-17-12-3-2-10(9-14)8-11(12)13/h2-3,8H,4-7H2,1H3. The molecule has 1 aromatic rings. The summed E-state index contributed by atoms with van der Waals surface area (Å²) in [6.07, 6.45) is 0. The SMILES string of the molecule is COCCOCCOc1ccc(C#N)cc1I. The summed E-state index contributed by atoms with van der Waals surface area (Å²) in [6.45, 7) is 2.18. The van der Waals surface area contributed by atoms with Crippen molar-refractivity contribution in [3.05, 3.63) is 27.3 Å². The molecule has 5 heteroatoms. The molecule has 0 spiro atoms. The molecule has 0 radical (unpaired) electrons. The Morgan fingerprint density at radius 3 is 2.65 bits per heavy atom. The molecule has 0 aliphatic carbocycles. The van der Waals surface area contributed by atoms with Gasteiger partial charge in [-0.3, -0.25) is 0 Å². The minimum atomic E-state index is 0.492. The molecule has 0 aliphatic rings. The number of ether oxygens (including phenoxy) is 3. The molecule has 4 nitrogen and oxygen atoms in total. The van der Waals surface area contributed by atoms with Crippen LogP contribution in [0.25, 0.3) is 0 Å². The van der Waals surface area contributed by atoms with Crippen molar-refractivity contribution < 1.29 is 14.2 Å². The smallest absolute Gasteiger partial charge is 0.132 e. The molecular weight excluding hydrogens is 333 g/mol. The van der Waals surface area contributed by atoms with Crippen LogP contribution in [0.1, 0.15) is 5.56 Å². The Hall–Kier alpha value is -0.840. The Labute approximate surface area is 115 Å². The number of benzene rings is 1. The van der Waals surface area contributed by atoms with Crippen LogP contribution in [0.4, 0.5) is 0 Å². The Kier molecular flexibility index (Phi) is 6.93. The first-order valence-corrected chi connectivity index (χ1v) is 6.25. The van der Waals surface area contributed by atoms with Crippen LogP contribution in [0, 0.1) is 14.9 Å². The summed E-state index contributed by atoms with van der Waals surface area (Å²) in [4.78, 5) is 0. The van der Waals surface area contributed by atoms with Crippen LogP contribution in [0.5, 0.6) is 5.75 Å². The lowest BCUT2D eigenvalue weighted by molar-refractivity contribution is 0.0543. The van der Waals surface area contributed by atoms with Crippen LogP contribution >= 0.6 is 22.6 Å². The second-order valence-corrected chi connectivity index (χ2v) is 4.37. The van der Waals surface area contributed by atoms with E-state index in [-0.39, 0.29) is 0 Å². The number of nitrogens with zero attached hydrogens (tertiary/aromatic N) is 1. The maximum atomic E-state index is 8.72. The number of rotatable bonds is 7. The molecule has 0 fully saturated rings. The van der Waals surface area contributed by atoms with Gasteiger partial charge >= 0.3 is 0 Å². The lowest BCUT2D eigenvalue weighted by atomic mass is 10.2. The fourth-order valence-corrected chi connectivity index (χ4v) is 1.81. The van der Waals surface area contributed by atoms with E-state index in [4.69, 9.17) is 19.5 Å². The van der Waals surface area contributed by atoms with E-state index in [0.717, 1.165) is 9.32 Å². The van der Waals surface area contributed by atoms with Gasteiger partial charge in [-0.15, -0.1) is 0 Å². The van der Waals surface area contributed by atoms with E-state index >= 15 is 0 Å². The highest BCUT2D eigenvalue weighted by Crippen LogP contribution is 2.21. The lowest BCUT2D eigenvalue weighted by Gasteiger charge is -2.08. The fourth-order valence-electron chi connectivity index (χ4n) is 1.14. The second kappa shape index (κ2) is 8.28. The van der Waals surface area contributed by atoms with Crippen LogP contribution in [0.2, 0.25) is 0 Å². The van der Waals surface area contributed by atoms with Crippen molar-refractivity contribution in [1.82, 2.24) is 0 Å². The Balaban J connectivity index is 2.30. The van der Waals surface area contributed by atoms with Gasteiger partial charge in [0, 0.05) is 7.11 Å². The Morgan fingerprint density at radius 1 is 1.24 bits per heavy atom. The van der Waals surface area contributed by atoms with E-state index < -0.39 is 0 Å². The van der Waals surface area contributed by atoms with E-state index in [0.29, 0.717) is 32.0 Å². The van der Waals surface area contributed by atoms with Crippen LogP contribution in [0.3, 0.4) is 0 Å². The topological polar surface area (TPSA) is 51.5 Å².